The Kier molecular flexibility index (Phi) is 6.92. The molecule has 0 unspecified atom stereocenters. The van der Waals surface area contributed by atoms with Gasteiger partial charge in [-0.1, -0.05) is 25.5 Å². The number of carbonyl (C=O) groups excluding carboxylic acids is 2. The number of amides is 2. The van der Waals surface area contributed by atoms with Gasteiger partial charge in [0.15, 0.2) is 0 Å². The standard InChI is InChI=1S/C16H23FN2O5S/c1-5-8-12(18-15(21)24-16(2,3)4)14(20)19-25(22,23)13-10-7-6-9-11(13)17/h6-7,9-10,12H,5,8H2,1-4H3,(H,18,21)(H,19,20)/t12-/m0/s1. The lowest BCUT2D eigenvalue weighted by molar-refractivity contribution is -0.121. The molecule has 0 saturated carbocycles. The van der Waals surface area contributed by atoms with E-state index in [4.69, 9.17) is 4.74 Å². The molecule has 1 aromatic carbocycles. The molecule has 25 heavy (non-hydrogen) atoms. The molecule has 0 aliphatic heterocycles. The molecular weight excluding hydrogens is 351 g/mol. The fraction of sp³-hybridized carbons (Fsp3) is 0.500. The molecule has 0 radical (unpaired) electrons. The van der Waals surface area contributed by atoms with Crippen molar-refractivity contribution in [3.05, 3.63) is 30.1 Å². The number of ether oxygens (including phenoxy) is 1. The van der Waals surface area contributed by atoms with Crippen LogP contribution >= 0.6 is 0 Å². The molecule has 2 amide bonds. The van der Waals surface area contributed by atoms with Crippen molar-refractivity contribution in [3.8, 4) is 0 Å². The summed E-state index contributed by atoms with van der Waals surface area (Å²) in [4.78, 5) is 23.4. The number of rotatable bonds is 6. The SMILES string of the molecule is CCC[C@H](NC(=O)OC(C)(C)C)C(=O)NS(=O)(=O)c1ccccc1F. The summed E-state index contributed by atoms with van der Waals surface area (Å²) >= 11 is 0. The van der Waals surface area contributed by atoms with Gasteiger partial charge >= 0.3 is 6.09 Å². The van der Waals surface area contributed by atoms with Crippen molar-refractivity contribution in [2.45, 2.75) is 57.1 Å². The highest BCUT2D eigenvalue weighted by Gasteiger charge is 2.28. The van der Waals surface area contributed by atoms with Crippen molar-refractivity contribution < 1.29 is 27.1 Å². The molecule has 0 aliphatic rings. The van der Waals surface area contributed by atoms with Crippen LogP contribution in [0.5, 0.6) is 0 Å². The summed E-state index contributed by atoms with van der Waals surface area (Å²) in [5, 5.41) is 2.33. The van der Waals surface area contributed by atoms with Gasteiger partial charge in [0.25, 0.3) is 15.9 Å². The number of nitrogens with one attached hydrogen (secondary N) is 2. The summed E-state index contributed by atoms with van der Waals surface area (Å²) in [6.07, 6.45) is -0.143. The third-order valence-corrected chi connectivity index (χ3v) is 4.33. The normalized spacial score (nSPS) is 13.0. The number of sulfonamides is 1. The van der Waals surface area contributed by atoms with E-state index in [2.05, 4.69) is 5.32 Å². The molecule has 2 N–H and O–H groups in total. The second-order valence-electron chi connectivity index (χ2n) is 6.39. The van der Waals surface area contributed by atoms with Gasteiger partial charge < -0.3 is 10.1 Å². The van der Waals surface area contributed by atoms with Crippen LogP contribution in [0.4, 0.5) is 9.18 Å². The van der Waals surface area contributed by atoms with Gasteiger partial charge in [-0.25, -0.2) is 22.3 Å². The number of hydrogen-bond donors (Lipinski definition) is 2. The minimum Gasteiger partial charge on any atom is -0.444 e. The zero-order chi connectivity index (χ0) is 19.3. The van der Waals surface area contributed by atoms with Crippen LogP contribution in [0.1, 0.15) is 40.5 Å². The number of benzene rings is 1. The fourth-order valence-electron chi connectivity index (χ4n) is 1.93. The van der Waals surface area contributed by atoms with E-state index in [1.54, 1.807) is 32.4 Å². The number of hydrogen-bond acceptors (Lipinski definition) is 5. The molecule has 9 heteroatoms. The molecule has 0 heterocycles. The molecule has 1 rings (SSSR count). The number of carbonyl (C=O) groups is 2. The third kappa shape index (κ3) is 6.69. The lowest BCUT2D eigenvalue weighted by atomic mass is 10.1. The number of alkyl carbamates (subject to hydrolysis) is 1. The zero-order valence-corrected chi connectivity index (χ0v) is 15.4. The minimum atomic E-state index is -4.39. The van der Waals surface area contributed by atoms with E-state index < -0.39 is 44.4 Å². The van der Waals surface area contributed by atoms with E-state index >= 15 is 0 Å². The van der Waals surface area contributed by atoms with E-state index in [9.17, 15) is 22.4 Å². The molecule has 0 fully saturated rings. The summed E-state index contributed by atoms with van der Waals surface area (Å²) in [5.74, 6) is -1.94. The molecule has 140 valence electrons. The first-order valence-corrected chi connectivity index (χ1v) is 9.25. The second-order valence-corrected chi connectivity index (χ2v) is 8.04. The van der Waals surface area contributed by atoms with Gasteiger partial charge in [0, 0.05) is 0 Å². The van der Waals surface area contributed by atoms with Crippen LogP contribution in [0.2, 0.25) is 0 Å². The molecular formula is C16H23FN2O5S. The van der Waals surface area contributed by atoms with Gasteiger partial charge in [-0.05, 0) is 39.3 Å². The predicted molar refractivity (Wildman–Crippen MR) is 89.8 cm³/mol. The van der Waals surface area contributed by atoms with Gasteiger partial charge in [-0.3, -0.25) is 4.79 Å². The van der Waals surface area contributed by atoms with Crippen molar-refractivity contribution >= 4 is 22.0 Å². The first-order valence-electron chi connectivity index (χ1n) is 7.77. The molecule has 1 atom stereocenters. The van der Waals surface area contributed by atoms with E-state index in [1.807, 2.05) is 0 Å². The van der Waals surface area contributed by atoms with Gasteiger partial charge in [-0.15, -0.1) is 0 Å². The molecule has 1 aromatic rings. The van der Waals surface area contributed by atoms with Crippen LogP contribution < -0.4 is 10.0 Å². The Hall–Kier alpha value is -2.16. The summed E-state index contributed by atoms with van der Waals surface area (Å²) in [7, 11) is -4.39. The Morgan fingerprint density at radius 3 is 2.36 bits per heavy atom. The maximum atomic E-state index is 13.7. The van der Waals surface area contributed by atoms with E-state index in [-0.39, 0.29) is 6.42 Å². The van der Waals surface area contributed by atoms with Crippen LogP contribution in [-0.2, 0) is 19.6 Å². The van der Waals surface area contributed by atoms with Crippen molar-refractivity contribution in [2.24, 2.45) is 0 Å². The monoisotopic (exact) mass is 374 g/mol. The zero-order valence-electron chi connectivity index (χ0n) is 14.6. The average molecular weight is 374 g/mol. The van der Waals surface area contributed by atoms with Crippen LogP contribution in [-0.4, -0.2) is 32.1 Å². The van der Waals surface area contributed by atoms with Crippen LogP contribution in [0.25, 0.3) is 0 Å². The first kappa shape index (κ1) is 20.9. The third-order valence-electron chi connectivity index (χ3n) is 2.95. The quantitative estimate of drug-likeness (QED) is 0.796. The van der Waals surface area contributed by atoms with Crippen molar-refractivity contribution in [1.29, 1.82) is 0 Å². The summed E-state index contributed by atoms with van der Waals surface area (Å²) in [6, 6.07) is 3.56. The Morgan fingerprint density at radius 1 is 1.24 bits per heavy atom. The van der Waals surface area contributed by atoms with Gasteiger partial charge in [-0.2, -0.15) is 0 Å². The van der Waals surface area contributed by atoms with E-state index in [0.29, 0.717) is 6.42 Å². The lowest BCUT2D eigenvalue weighted by Gasteiger charge is -2.23. The smallest absolute Gasteiger partial charge is 0.408 e. The fourth-order valence-corrected chi connectivity index (χ4v) is 3.03. The second kappa shape index (κ2) is 8.28. The summed E-state index contributed by atoms with van der Waals surface area (Å²) < 4.78 is 44.9. The Balaban J connectivity index is 2.89. The minimum absolute atomic E-state index is 0.192. The maximum Gasteiger partial charge on any atom is 0.408 e. The van der Waals surface area contributed by atoms with E-state index in [1.165, 1.54) is 12.1 Å². The van der Waals surface area contributed by atoms with Crippen LogP contribution in [0, 0.1) is 5.82 Å². The molecule has 0 spiro atoms. The lowest BCUT2D eigenvalue weighted by Crippen LogP contribution is -2.49. The highest BCUT2D eigenvalue weighted by Crippen LogP contribution is 2.14. The largest absolute Gasteiger partial charge is 0.444 e. The molecule has 7 nitrogen and oxygen atoms in total. The van der Waals surface area contributed by atoms with Crippen LogP contribution in [0.3, 0.4) is 0 Å². The highest BCUT2D eigenvalue weighted by atomic mass is 32.2. The van der Waals surface area contributed by atoms with Gasteiger partial charge in [0.2, 0.25) is 0 Å². The number of halogens is 1. The Morgan fingerprint density at radius 2 is 1.84 bits per heavy atom. The van der Waals surface area contributed by atoms with Gasteiger partial charge in [0.1, 0.15) is 22.4 Å². The molecule has 0 bridgehead atoms. The summed E-state index contributed by atoms with van der Waals surface area (Å²) in [5.41, 5.74) is -0.767. The summed E-state index contributed by atoms with van der Waals surface area (Å²) in [6.45, 7) is 6.74. The maximum absolute atomic E-state index is 13.7. The molecule has 0 aromatic heterocycles. The molecule has 0 saturated heterocycles. The van der Waals surface area contributed by atoms with Crippen molar-refractivity contribution in [1.82, 2.24) is 10.0 Å². The van der Waals surface area contributed by atoms with Gasteiger partial charge in [0.05, 0.1) is 0 Å². The molecule has 0 aliphatic carbocycles. The Bertz CT molecular complexity index is 728. The topological polar surface area (TPSA) is 102 Å². The average Bonchev–Trinajstić information content (AvgIpc) is 2.44. The first-order chi connectivity index (χ1) is 11.5. The highest BCUT2D eigenvalue weighted by molar-refractivity contribution is 7.90. The van der Waals surface area contributed by atoms with Crippen LogP contribution in [0.15, 0.2) is 29.2 Å². The van der Waals surface area contributed by atoms with E-state index in [0.717, 1.165) is 12.1 Å². The van der Waals surface area contributed by atoms with Crippen molar-refractivity contribution in [2.75, 3.05) is 0 Å². The predicted octanol–water partition coefficient (Wildman–Crippen LogP) is 2.32. The Labute approximate surface area is 147 Å². The van der Waals surface area contributed by atoms with Crippen molar-refractivity contribution in [3.63, 3.8) is 0 Å².